The topological polar surface area (TPSA) is 193 Å². The molecule has 0 spiro atoms. The maximum absolute atomic E-state index is 13.7. The zero-order valence-electron chi connectivity index (χ0n) is 20.7. The van der Waals surface area contributed by atoms with Gasteiger partial charge in [-0.25, -0.2) is 15.2 Å². The molecule has 0 saturated heterocycles. The van der Waals surface area contributed by atoms with Crippen molar-refractivity contribution in [1.29, 1.82) is 0 Å². The molecule has 2 aromatic heterocycles. The molecule has 0 aliphatic heterocycles. The molecule has 15 heteroatoms. The van der Waals surface area contributed by atoms with Gasteiger partial charge in [0, 0.05) is 6.54 Å². The Kier molecular flexibility index (Phi) is 9.60. The second-order valence-corrected chi connectivity index (χ2v) is 10.9. The average Bonchev–Trinajstić information content (AvgIpc) is 3.47. The lowest BCUT2D eigenvalue weighted by Crippen LogP contribution is -2.43. The molecule has 0 radical (unpaired) electrons. The fourth-order valence-electron chi connectivity index (χ4n) is 3.87. The maximum atomic E-state index is 13.7. The van der Waals surface area contributed by atoms with Crippen LogP contribution in [0.1, 0.15) is 46.5 Å². The normalized spacial score (nSPS) is 17.5. The van der Waals surface area contributed by atoms with Crippen LogP contribution in [0, 0.1) is 0 Å². The van der Waals surface area contributed by atoms with Gasteiger partial charge < -0.3 is 24.5 Å². The van der Waals surface area contributed by atoms with Gasteiger partial charge in [-0.1, -0.05) is 0 Å². The van der Waals surface area contributed by atoms with Crippen molar-refractivity contribution in [2.45, 2.75) is 71.2 Å². The SMILES string of the molecule is CCOC(=O)[C@@H](C)NP(=O)(COCCn1cnc2c(=O)[nH]c(N)nc21)N[C@H](C)C(=O)OC1CCCC1. The second-order valence-electron chi connectivity index (χ2n) is 8.64. The van der Waals surface area contributed by atoms with Crippen molar-refractivity contribution in [2.24, 2.45) is 0 Å². The third-order valence-corrected chi connectivity index (χ3v) is 7.78. The van der Waals surface area contributed by atoms with Gasteiger partial charge in [-0.05, 0) is 46.5 Å². The van der Waals surface area contributed by atoms with Gasteiger partial charge in [-0.2, -0.15) is 4.98 Å². The highest BCUT2D eigenvalue weighted by Crippen LogP contribution is 2.38. The number of anilines is 1. The Bertz CT molecular complexity index is 1160. The number of nitrogen functional groups attached to an aromatic ring is 1. The molecule has 1 aliphatic rings. The first-order chi connectivity index (χ1) is 17.1. The highest BCUT2D eigenvalue weighted by atomic mass is 31.2. The average molecular weight is 528 g/mol. The summed E-state index contributed by atoms with van der Waals surface area (Å²) in [5, 5.41) is 5.52. The summed E-state index contributed by atoms with van der Waals surface area (Å²) in [6.45, 7) is 5.21. The molecule has 14 nitrogen and oxygen atoms in total. The van der Waals surface area contributed by atoms with E-state index in [9.17, 15) is 18.9 Å². The van der Waals surface area contributed by atoms with Crippen LogP contribution >= 0.6 is 7.44 Å². The molecule has 3 rings (SSSR count). The standard InChI is InChI=1S/C21H34N7O7P/c1-4-34-19(30)13(2)26-36(32,27-14(3)20(31)35-15-7-5-6-8-15)12-33-10-9-28-11-23-16-17(28)24-21(22)25-18(16)29/h11,13-15H,4-10,12H2,1-3H3,(H2,26,27,32)(H3,22,24,25,29)/t13-,14-,36?/m1/s1. The van der Waals surface area contributed by atoms with Crippen molar-refractivity contribution in [3.05, 3.63) is 16.7 Å². The van der Waals surface area contributed by atoms with E-state index in [1.165, 1.54) is 13.3 Å². The predicted octanol–water partition coefficient (Wildman–Crippen LogP) is 0.874. The van der Waals surface area contributed by atoms with Gasteiger partial charge in [-0.15, -0.1) is 0 Å². The van der Waals surface area contributed by atoms with E-state index in [0.29, 0.717) is 5.65 Å². The molecule has 0 bridgehead atoms. The van der Waals surface area contributed by atoms with E-state index in [1.807, 2.05) is 0 Å². The molecular formula is C21H34N7O7P. The highest BCUT2D eigenvalue weighted by molar-refractivity contribution is 7.59. The fraction of sp³-hybridized carbons (Fsp3) is 0.667. The number of hydrogen-bond acceptors (Lipinski definition) is 10. The summed E-state index contributed by atoms with van der Waals surface area (Å²) in [5.41, 5.74) is 5.58. The Morgan fingerprint density at radius 3 is 2.58 bits per heavy atom. The number of nitrogens with one attached hydrogen (secondary N) is 3. The first kappa shape index (κ1) is 27.8. The van der Waals surface area contributed by atoms with Crippen LogP contribution in [-0.4, -0.2) is 69.2 Å². The van der Waals surface area contributed by atoms with Gasteiger partial charge in [0.25, 0.3) is 5.56 Å². The van der Waals surface area contributed by atoms with E-state index in [4.69, 9.17) is 19.9 Å². The molecule has 1 aliphatic carbocycles. The molecule has 3 atom stereocenters. The van der Waals surface area contributed by atoms with Crippen LogP contribution in [0.3, 0.4) is 0 Å². The van der Waals surface area contributed by atoms with Crippen molar-refractivity contribution < 1.29 is 28.4 Å². The van der Waals surface area contributed by atoms with E-state index in [2.05, 4.69) is 25.1 Å². The molecule has 1 fully saturated rings. The van der Waals surface area contributed by atoms with Crippen LogP contribution in [0.25, 0.3) is 11.2 Å². The maximum Gasteiger partial charge on any atom is 0.323 e. The van der Waals surface area contributed by atoms with Gasteiger partial charge in [0.2, 0.25) is 13.4 Å². The van der Waals surface area contributed by atoms with Crippen LogP contribution in [0.2, 0.25) is 0 Å². The van der Waals surface area contributed by atoms with Gasteiger partial charge >= 0.3 is 11.9 Å². The molecule has 1 unspecified atom stereocenters. The smallest absolute Gasteiger partial charge is 0.323 e. The van der Waals surface area contributed by atoms with Crippen LogP contribution in [0.5, 0.6) is 0 Å². The fourth-order valence-corrected chi connectivity index (χ4v) is 5.94. The second kappa shape index (κ2) is 12.4. The molecule has 5 N–H and O–H groups in total. The molecule has 2 heterocycles. The number of nitrogens with zero attached hydrogens (tertiary/aromatic N) is 3. The number of fused-ring (bicyclic) bond motifs is 1. The largest absolute Gasteiger partial charge is 0.465 e. The number of esters is 2. The van der Waals surface area contributed by atoms with E-state index >= 15 is 0 Å². The predicted molar refractivity (Wildman–Crippen MR) is 131 cm³/mol. The summed E-state index contributed by atoms with van der Waals surface area (Å²) in [5.74, 6) is -1.15. The molecule has 200 valence electrons. The quantitative estimate of drug-likeness (QED) is 0.163. The number of imidazole rings is 1. The van der Waals surface area contributed by atoms with E-state index in [-0.39, 0.29) is 43.7 Å². The van der Waals surface area contributed by atoms with Crippen LogP contribution in [0.15, 0.2) is 11.1 Å². The summed E-state index contributed by atoms with van der Waals surface area (Å²) in [6.07, 6.45) is 4.60. The summed E-state index contributed by atoms with van der Waals surface area (Å²) in [6, 6.07) is -1.82. The van der Waals surface area contributed by atoms with E-state index < -0.39 is 37.0 Å². The number of carbonyl (C=O) groups is 2. The molecule has 2 aromatic rings. The Morgan fingerprint density at radius 1 is 1.25 bits per heavy atom. The van der Waals surface area contributed by atoms with Crippen molar-refractivity contribution in [2.75, 3.05) is 25.3 Å². The minimum atomic E-state index is -3.62. The van der Waals surface area contributed by atoms with Gasteiger partial charge in [0.1, 0.15) is 24.5 Å². The third kappa shape index (κ3) is 7.36. The first-order valence-corrected chi connectivity index (χ1v) is 13.8. The number of hydrogen-bond donors (Lipinski definition) is 4. The number of ether oxygens (including phenoxy) is 3. The number of aromatic amines is 1. The highest BCUT2D eigenvalue weighted by Gasteiger charge is 2.33. The third-order valence-electron chi connectivity index (χ3n) is 5.63. The summed E-state index contributed by atoms with van der Waals surface area (Å²) < 4.78 is 31.4. The molecule has 0 aromatic carbocycles. The van der Waals surface area contributed by atoms with E-state index in [1.54, 1.807) is 18.4 Å². The number of carbonyl (C=O) groups excluding carboxylic acids is 2. The van der Waals surface area contributed by atoms with Gasteiger partial charge in [0.05, 0.1) is 19.5 Å². The first-order valence-electron chi connectivity index (χ1n) is 11.9. The van der Waals surface area contributed by atoms with Crippen LogP contribution < -0.4 is 21.5 Å². The number of aromatic nitrogens is 4. The molecule has 36 heavy (non-hydrogen) atoms. The zero-order valence-corrected chi connectivity index (χ0v) is 21.6. The van der Waals surface area contributed by atoms with Gasteiger partial charge in [0.15, 0.2) is 11.2 Å². The number of rotatable bonds is 13. The van der Waals surface area contributed by atoms with Crippen molar-refractivity contribution in [3.63, 3.8) is 0 Å². The van der Waals surface area contributed by atoms with Crippen molar-refractivity contribution in [1.82, 2.24) is 29.7 Å². The summed E-state index contributed by atoms with van der Waals surface area (Å²) in [7, 11) is -3.62. The number of nitrogens with two attached hydrogens (primary N) is 1. The number of H-pyrrole nitrogens is 1. The lowest BCUT2D eigenvalue weighted by Gasteiger charge is -2.26. The Morgan fingerprint density at radius 2 is 1.92 bits per heavy atom. The molecular weight excluding hydrogens is 493 g/mol. The van der Waals surface area contributed by atoms with Gasteiger partial charge in [-0.3, -0.25) is 23.9 Å². The summed E-state index contributed by atoms with van der Waals surface area (Å²) >= 11 is 0. The minimum absolute atomic E-state index is 0.0421. The molecule has 0 amide bonds. The van der Waals surface area contributed by atoms with Crippen molar-refractivity contribution >= 4 is 36.5 Å². The van der Waals surface area contributed by atoms with Crippen LogP contribution in [0.4, 0.5) is 5.95 Å². The Labute approximate surface area is 208 Å². The molecule has 1 saturated carbocycles. The Balaban J connectivity index is 1.63. The monoisotopic (exact) mass is 527 g/mol. The lowest BCUT2D eigenvalue weighted by atomic mass is 10.3. The van der Waals surface area contributed by atoms with E-state index in [0.717, 1.165) is 25.7 Å². The minimum Gasteiger partial charge on any atom is -0.465 e. The Hall–Kier alpha value is -2.80. The summed E-state index contributed by atoms with van der Waals surface area (Å²) in [4.78, 5) is 47.1. The zero-order chi connectivity index (χ0) is 26.3. The van der Waals surface area contributed by atoms with Crippen molar-refractivity contribution in [3.8, 4) is 0 Å². The lowest BCUT2D eigenvalue weighted by molar-refractivity contribution is -0.150. The van der Waals surface area contributed by atoms with Crippen LogP contribution in [-0.2, 0) is 34.9 Å².